The molecule has 1 amide bonds. The number of anilines is 1. The van der Waals surface area contributed by atoms with Gasteiger partial charge in [0.1, 0.15) is 12.4 Å². The zero-order valence-electron chi connectivity index (χ0n) is 12.8. The van der Waals surface area contributed by atoms with Crippen LogP contribution in [-0.2, 0) is 0 Å². The van der Waals surface area contributed by atoms with E-state index in [0.717, 1.165) is 17.0 Å². The fourth-order valence-corrected chi connectivity index (χ4v) is 2.21. The summed E-state index contributed by atoms with van der Waals surface area (Å²) >= 11 is 0. The van der Waals surface area contributed by atoms with Crippen molar-refractivity contribution < 1.29 is 19.0 Å². The second-order valence-electron chi connectivity index (χ2n) is 5.19. The van der Waals surface area contributed by atoms with E-state index in [2.05, 4.69) is 5.32 Å². The minimum Gasteiger partial charge on any atom is -0.492 e. The highest BCUT2D eigenvalue weighted by atomic mass is 16.7. The van der Waals surface area contributed by atoms with E-state index in [4.69, 9.17) is 19.9 Å². The number of fused-ring (bicyclic) bond motifs is 1. The van der Waals surface area contributed by atoms with Gasteiger partial charge in [0.25, 0.3) is 5.91 Å². The summed E-state index contributed by atoms with van der Waals surface area (Å²) < 4.78 is 16.1. The number of nitrogens with one attached hydrogen (secondary N) is 1. The molecule has 0 spiro atoms. The Kier molecular flexibility index (Phi) is 4.23. The molecule has 1 heterocycles. The number of hydrogen-bond acceptors (Lipinski definition) is 5. The van der Waals surface area contributed by atoms with Crippen molar-refractivity contribution in [2.75, 3.05) is 25.7 Å². The molecule has 3 rings (SSSR count). The van der Waals surface area contributed by atoms with E-state index in [0.29, 0.717) is 30.2 Å². The lowest BCUT2D eigenvalue weighted by atomic mass is 10.2. The summed E-state index contributed by atoms with van der Waals surface area (Å²) in [6, 6.07) is 10.6. The molecule has 6 heteroatoms. The van der Waals surface area contributed by atoms with Crippen LogP contribution < -0.4 is 25.3 Å². The topological polar surface area (TPSA) is 82.8 Å². The molecule has 120 valence electrons. The lowest BCUT2D eigenvalue weighted by molar-refractivity contribution is 0.0946. The minimum absolute atomic E-state index is 0.180. The number of amides is 1. The van der Waals surface area contributed by atoms with Crippen LogP contribution in [0.15, 0.2) is 36.4 Å². The van der Waals surface area contributed by atoms with Crippen molar-refractivity contribution in [1.29, 1.82) is 0 Å². The molecular formula is C17H18N2O4. The third-order valence-electron chi connectivity index (χ3n) is 3.53. The minimum atomic E-state index is -0.180. The first-order valence-electron chi connectivity index (χ1n) is 7.30. The second-order valence-corrected chi connectivity index (χ2v) is 5.19. The van der Waals surface area contributed by atoms with E-state index in [-0.39, 0.29) is 12.7 Å². The molecule has 0 saturated carbocycles. The van der Waals surface area contributed by atoms with Gasteiger partial charge < -0.3 is 25.3 Å². The van der Waals surface area contributed by atoms with E-state index in [1.54, 1.807) is 24.3 Å². The predicted molar refractivity (Wildman–Crippen MR) is 86.0 cm³/mol. The molecule has 1 aliphatic heterocycles. The Hall–Kier alpha value is -2.89. The molecule has 2 aromatic rings. The van der Waals surface area contributed by atoms with E-state index >= 15 is 0 Å². The summed E-state index contributed by atoms with van der Waals surface area (Å²) in [5.41, 5.74) is 7.97. The number of rotatable bonds is 5. The first kappa shape index (κ1) is 15.0. The Morgan fingerprint density at radius 2 is 2.04 bits per heavy atom. The zero-order chi connectivity index (χ0) is 16.2. The third kappa shape index (κ3) is 3.48. The summed E-state index contributed by atoms with van der Waals surface area (Å²) in [5.74, 6) is 1.80. The molecular weight excluding hydrogens is 296 g/mol. The van der Waals surface area contributed by atoms with Gasteiger partial charge in [0, 0.05) is 11.3 Å². The van der Waals surface area contributed by atoms with Crippen LogP contribution >= 0.6 is 0 Å². The molecule has 0 unspecified atom stereocenters. The number of ether oxygens (including phenoxy) is 3. The Balaban J connectivity index is 1.48. The summed E-state index contributed by atoms with van der Waals surface area (Å²) in [7, 11) is 0. The van der Waals surface area contributed by atoms with Crippen LogP contribution in [0.25, 0.3) is 0 Å². The highest BCUT2D eigenvalue weighted by molar-refractivity contribution is 5.94. The van der Waals surface area contributed by atoms with Crippen LogP contribution in [0.5, 0.6) is 17.2 Å². The fourth-order valence-electron chi connectivity index (χ4n) is 2.21. The van der Waals surface area contributed by atoms with Gasteiger partial charge in [-0.15, -0.1) is 0 Å². The number of nitrogen functional groups attached to an aromatic ring is 1. The van der Waals surface area contributed by atoms with Gasteiger partial charge in [0.15, 0.2) is 11.5 Å². The van der Waals surface area contributed by atoms with Gasteiger partial charge in [-0.05, 0) is 48.9 Å². The molecule has 3 N–H and O–H groups in total. The summed E-state index contributed by atoms with van der Waals surface area (Å²) in [6.07, 6.45) is 0. The molecule has 0 fully saturated rings. The molecule has 0 saturated heterocycles. The molecule has 0 radical (unpaired) electrons. The van der Waals surface area contributed by atoms with Crippen LogP contribution in [0, 0.1) is 6.92 Å². The van der Waals surface area contributed by atoms with Crippen LogP contribution in [0.2, 0.25) is 0 Å². The molecule has 1 aliphatic rings. The largest absolute Gasteiger partial charge is 0.492 e. The molecule has 0 aliphatic carbocycles. The number of carbonyl (C=O) groups is 1. The number of nitrogens with two attached hydrogens (primary N) is 1. The standard InChI is InChI=1S/C17H18N2O4/c1-11-8-13(3-4-14(11)18)21-7-6-19-17(20)12-2-5-15-16(9-12)23-10-22-15/h2-5,8-9H,6-7,10,18H2,1H3,(H,19,20). The Morgan fingerprint density at radius 1 is 1.22 bits per heavy atom. The highest BCUT2D eigenvalue weighted by Crippen LogP contribution is 2.32. The van der Waals surface area contributed by atoms with Crippen molar-refractivity contribution in [1.82, 2.24) is 5.32 Å². The maximum Gasteiger partial charge on any atom is 0.251 e. The Morgan fingerprint density at radius 3 is 2.87 bits per heavy atom. The second kappa shape index (κ2) is 6.48. The summed E-state index contributed by atoms with van der Waals surface area (Å²) in [5, 5.41) is 2.80. The third-order valence-corrected chi connectivity index (χ3v) is 3.53. The maximum absolute atomic E-state index is 12.1. The zero-order valence-corrected chi connectivity index (χ0v) is 12.8. The van der Waals surface area contributed by atoms with Crippen molar-refractivity contribution in [2.45, 2.75) is 6.92 Å². The van der Waals surface area contributed by atoms with Crippen LogP contribution in [-0.4, -0.2) is 25.9 Å². The maximum atomic E-state index is 12.1. The molecule has 6 nitrogen and oxygen atoms in total. The van der Waals surface area contributed by atoms with Crippen molar-refractivity contribution >= 4 is 11.6 Å². The van der Waals surface area contributed by atoms with Crippen LogP contribution in [0.1, 0.15) is 15.9 Å². The van der Waals surface area contributed by atoms with E-state index < -0.39 is 0 Å². The Bertz CT molecular complexity index is 731. The number of hydrogen-bond donors (Lipinski definition) is 2. The lowest BCUT2D eigenvalue weighted by Crippen LogP contribution is -2.28. The van der Waals surface area contributed by atoms with Gasteiger partial charge >= 0.3 is 0 Å². The van der Waals surface area contributed by atoms with Gasteiger partial charge in [-0.1, -0.05) is 0 Å². The fraction of sp³-hybridized carbons (Fsp3) is 0.235. The number of aryl methyl sites for hydroxylation is 1. The molecule has 0 atom stereocenters. The average molecular weight is 314 g/mol. The van der Waals surface area contributed by atoms with Crippen molar-refractivity contribution in [3.8, 4) is 17.2 Å². The lowest BCUT2D eigenvalue weighted by Gasteiger charge is -2.09. The molecule has 0 aromatic heterocycles. The summed E-state index contributed by atoms with van der Waals surface area (Å²) in [6.45, 7) is 2.88. The van der Waals surface area contributed by atoms with Crippen LogP contribution in [0.4, 0.5) is 5.69 Å². The normalized spacial score (nSPS) is 12.0. The van der Waals surface area contributed by atoms with Gasteiger partial charge in [-0.25, -0.2) is 0 Å². The molecule has 2 aromatic carbocycles. The van der Waals surface area contributed by atoms with Crippen molar-refractivity contribution in [3.05, 3.63) is 47.5 Å². The predicted octanol–water partition coefficient (Wildman–Crippen LogP) is 2.11. The quantitative estimate of drug-likeness (QED) is 0.652. The Labute approximate surface area is 134 Å². The van der Waals surface area contributed by atoms with E-state index in [9.17, 15) is 4.79 Å². The highest BCUT2D eigenvalue weighted by Gasteiger charge is 2.15. The summed E-state index contributed by atoms with van der Waals surface area (Å²) in [4.78, 5) is 12.1. The van der Waals surface area contributed by atoms with E-state index in [1.165, 1.54) is 0 Å². The van der Waals surface area contributed by atoms with Gasteiger partial charge in [-0.2, -0.15) is 0 Å². The first-order chi connectivity index (χ1) is 11.1. The SMILES string of the molecule is Cc1cc(OCCNC(=O)c2ccc3c(c2)OCO3)ccc1N. The number of benzene rings is 2. The van der Waals surface area contributed by atoms with Gasteiger partial charge in [0.05, 0.1) is 6.54 Å². The van der Waals surface area contributed by atoms with Gasteiger partial charge in [-0.3, -0.25) is 4.79 Å². The first-order valence-corrected chi connectivity index (χ1v) is 7.30. The van der Waals surface area contributed by atoms with Gasteiger partial charge in [0.2, 0.25) is 6.79 Å². The molecule has 0 bridgehead atoms. The monoisotopic (exact) mass is 314 g/mol. The van der Waals surface area contributed by atoms with Crippen LogP contribution in [0.3, 0.4) is 0 Å². The average Bonchev–Trinajstić information content (AvgIpc) is 3.02. The smallest absolute Gasteiger partial charge is 0.251 e. The van der Waals surface area contributed by atoms with Crippen molar-refractivity contribution in [2.24, 2.45) is 0 Å². The van der Waals surface area contributed by atoms with E-state index in [1.807, 2.05) is 19.1 Å². The molecule has 23 heavy (non-hydrogen) atoms. The number of carbonyl (C=O) groups excluding carboxylic acids is 1. The van der Waals surface area contributed by atoms with Crippen molar-refractivity contribution in [3.63, 3.8) is 0 Å².